The first-order valence-electron chi connectivity index (χ1n) is 9.80. The number of hydrogen-bond acceptors (Lipinski definition) is 7. The van der Waals surface area contributed by atoms with E-state index in [4.69, 9.17) is 4.42 Å². The quantitative estimate of drug-likeness (QED) is 0.300. The van der Waals surface area contributed by atoms with Gasteiger partial charge in [-0.3, -0.25) is 9.59 Å². The van der Waals surface area contributed by atoms with Gasteiger partial charge >= 0.3 is 0 Å². The minimum absolute atomic E-state index is 0. The van der Waals surface area contributed by atoms with Crippen LogP contribution < -0.4 is 0 Å². The van der Waals surface area contributed by atoms with Gasteiger partial charge in [0.1, 0.15) is 6.04 Å². The van der Waals surface area contributed by atoms with E-state index in [1.54, 1.807) is 4.90 Å². The molecular formula is C19H33ClN4O3S. The molecule has 0 bridgehead atoms. The first-order chi connectivity index (χ1) is 12.9. The standard InChI is InChI=1S/C19H32N4O3S.ClH/c1-14(2)12-16(23(13-24)15-8-6-5-7-9-15)17(25)18-20-21-19(26-18)27-11-10-22(3)4;/h13-16H,5-12H2,1-4H3;1H. The first-order valence-corrected chi connectivity index (χ1v) is 10.8. The smallest absolute Gasteiger partial charge is 0.286 e. The number of carbonyl (C=O) groups is 2. The second-order valence-electron chi connectivity index (χ2n) is 7.88. The van der Waals surface area contributed by atoms with Gasteiger partial charge in [0.05, 0.1) is 0 Å². The summed E-state index contributed by atoms with van der Waals surface area (Å²) in [6.45, 7) is 4.99. The molecule has 1 aliphatic rings. The summed E-state index contributed by atoms with van der Waals surface area (Å²) in [6, 6.07) is -0.411. The van der Waals surface area contributed by atoms with Crippen LogP contribution in [0.15, 0.2) is 9.64 Å². The molecule has 1 aromatic heterocycles. The van der Waals surface area contributed by atoms with Gasteiger partial charge in [-0.15, -0.1) is 22.6 Å². The van der Waals surface area contributed by atoms with Gasteiger partial charge in [0.2, 0.25) is 12.2 Å². The fourth-order valence-electron chi connectivity index (χ4n) is 3.43. The lowest BCUT2D eigenvalue weighted by molar-refractivity contribution is -0.122. The Balaban J connectivity index is 0.00000392. The van der Waals surface area contributed by atoms with Crippen molar-refractivity contribution in [3.05, 3.63) is 5.89 Å². The van der Waals surface area contributed by atoms with Crippen molar-refractivity contribution in [1.29, 1.82) is 0 Å². The Bertz CT molecular complexity index is 606. The van der Waals surface area contributed by atoms with Crippen LogP contribution >= 0.6 is 24.2 Å². The monoisotopic (exact) mass is 432 g/mol. The number of hydrogen-bond donors (Lipinski definition) is 0. The van der Waals surface area contributed by atoms with Crippen LogP contribution in [-0.4, -0.2) is 70.7 Å². The second kappa shape index (κ2) is 12.4. The molecular weight excluding hydrogens is 400 g/mol. The van der Waals surface area contributed by atoms with Crippen LogP contribution in [0.25, 0.3) is 0 Å². The van der Waals surface area contributed by atoms with E-state index in [0.29, 0.717) is 11.6 Å². The summed E-state index contributed by atoms with van der Waals surface area (Å²) in [5.41, 5.74) is 0. The molecule has 7 nitrogen and oxygen atoms in total. The summed E-state index contributed by atoms with van der Waals surface area (Å²) in [4.78, 5) is 28.8. The van der Waals surface area contributed by atoms with Crippen LogP contribution in [0.4, 0.5) is 0 Å². The number of nitrogens with zero attached hydrogens (tertiary/aromatic N) is 4. The normalized spacial score (nSPS) is 16.1. The van der Waals surface area contributed by atoms with Gasteiger partial charge in [-0.05, 0) is 39.3 Å². The Hall–Kier alpha value is -1.12. The van der Waals surface area contributed by atoms with Crippen LogP contribution in [0.3, 0.4) is 0 Å². The molecule has 28 heavy (non-hydrogen) atoms. The Morgan fingerprint density at radius 1 is 1.25 bits per heavy atom. The Labute approximate surface area is 178 Å². The van der Waals surface area contributed by atoms with E-state index in [1.165, 1.54) is 18.2 Å². The summed E-state index contributed by atoms with van der Waals surface area (Å²) < 4.78 is 5.60. The average Bonchev–Trinajstić information content (AvgIpc) is 3.10. The molecule has 1 unspecified atom stereocenters. The zero-order chi connectivity index (χ0) is 19.8. The third-order valence-electron chi connectivity index (χ3n) is 4.86. The highest BCUT2D eigenvalue weighted by Crippen LogP contribution is 2.27. The maximum Gasteiger partial charge on any atom is 0.286 e. The van der Waals surface area contributed by atoms with E-state index in [9.17, 15) is 9.59 Å². The van der Waals surface area contributed by atoms with Crippen molar-refractivity contribution in [2.45, 2.75) is 69.7 Å². The van der Waals surface area contributed by atoms with Gasteiger partial charge in [-0.2, -0.15) is 0 Å². The molecule has 1 atom stereocenters. The van der Waals surface area contributed by atoms with Gasteiger partial charge in [0, 0.05) is 18.3 Å². The molecule has 0 saturated heterocycles. The van der Waals surface area contributed by atoms with Crippen LogP contribution in [0.1, 0.15) is 63.1 Å². The van der Waals surface area contributed by atoms with Crippen LogP contribution in [0.5, 0.6) is 0 Å². The van der Waals surface area contributed by atoms with Gasteiger partial charge in [-0.25, -0.2) is 0 Å². The number of Topliss-reactive ketones (excluding diaryl/α,β-unsaturated/α-hetero) is 1. The van der Waals surface area contributed by atoms with Crippen LogP contribution in [-0.2, 0) is 4.79 Å². The highest BCUT2D eigenvalue weighted by atomic mass is 35.5. The highest BCUT2D eigenvalue weighted by Gasteiger charge is 2.35. The predicted octanol–water partition coefficient (Wildman–Crippen LogP) is 3.53. The number of halogens is 1. The van der Waals surface area contributed by atoms with Crippen molar-refractivity contribution in [2.75, 3.05) is 26.4 Å². The highest BCUT2D eigenvalue weighted by molar-refractivity contribution is 7.99. The molecule has 0 radical (unpaired) electrons. The lowest BCUT2D eigenvalue weighted by atomic mass is 9.91. The van der Waals surface area contributed by atoms with E-state index in [1.807, 2.05) is 14.1 Å². The lowest BCUT2D eigenvalue weighted by Crippen LogP contribution is -2.48. The summed E-state index contributed by atoms with van der Waals surface area (Å²) in [5, 5.41) is 8.36. The minimum atomic E-state index is -0.536. The number of rotatable bonds is 11. The Morgan fingerprint density at radius 2 is 1.93 bits per heavy atom. The zero-order valence-electron chi connectivity index (χ0n) is 17.3. The second-order valence-corrected chi connectivity index (χ2v) is 8.93. The lowest BCUT2D eigenvalue weighted by Gasteiger charge is -2.36. The Kier molecular flexibility index (Phi) is 11.1. The summed E-state index contributed by atoms with van der Waals surface area (Å²) in [6.07, 6.45) is 6.74. The van der Waals surface area contributed by atoms with Crippen molar-refractivity contribution < 1.29 is 14.0 Å². The molecule has 1 saturated carbocycles. The number of thioether (sulfide) groups is 1. The van der Waals surface area contributed by atoms with E-state index in [2.05, 4.69) is 28.9 Å². The molecule has 1 heterocycles. The minimum Gasteiger partial charge on any atom is -0.408 e. The molecule has 1 fully saturated rings. The molecule has 0 N–H and O–H groups in total. The molecule has 0 aliphatic heterocycles. The largest absolute Gasteiger partial charge is 0.408 e. The van der Waals surface area contributed by atoms with Gasteiger partial charge in [0.25, 0.3) is 11.1 Å². The molecule has 1 aromatic rings. The van der Waals surface area contributed by atoms with Crippen molar-refractivity contribution >= 4 is 36.4 Å². The predicted molar refractivity (Wildman–Crippen MR) is 113 cm³/mol. The molecule has 1 amide bonds. The summed E-state index contributed by atoms with van der Waals surface area (Å²) in [7, 11) is 4.00. The van der Waals surface area contributed by atoms with Gasteiger partial charge in [-0.1, -0.05) is 44.9 Å². The SMILES string of the molecule is CC(C)CC(C(=O)c1nnc(SCCN(C)C)o1)N(C=O)C1CCCCC1.Cl. The Morgan fingerprint density at radius 3 is 2.50 bits per heavy atom. The van der Waals surface area contributed by atoms with Crippen molar-refractivity contribution in [1.82, 2.24) is 20.0 Å². The van der Waals surface area contributed by atoms with Crippen LogP contribution in [0, 0.1) is 5.92 Å². The van der Waals surface area contributed by atoms with Crippen molar-refractivity contribution in [3.63, 3.8) is 0 Å². The van der Waals surface area contributed by atoms with E-state index < -0.39 is 6.04 Å². The van der Waals surface area contributed by atoms with E-state index in [-0.39, 0.29) is 36.0 Å². The number of aromatic nitrogens is 2. The fraction of sp³-hybridized carbons (Fsp3) is 0.789. The third kappa shape index (κ3) is 7.37. The number of carbonyl (C=O) groups excluding carboxylic acids is 2. The summed E-state index contributed by atoms with van der Waals surface area (Å²) >= 11 is 1.44. The zero-order valence-corrected chi connectivity index (χ0v) is 18.9. The molecule has 2 rings (SSSR count). The van der Waals surface area contributed by atoms with Crippen molar-refractivity contribution in [2.24, 2.45) is 5.92 Å². The molecule has 1 aliphatic carbocycles. The van der Waals surface area contributed by atoms with Crippen LogP contribution in [0.2, 0.25) is 0 Å². The maximum absolute atomic E-state index is 13.1. The van der Waals surface area contributed by atoms with Gasteiger partial charge < -0.3 is 14.2 Å². The third-order valence-corrected chi connectivity index (χ3v) is 5.66. The number of ketones is 1. The molecule has 9 heteroatoms. The topological polar surface area (TPSA) is 79.5 Å². The molecule has 160 valence electrons. The van der Waals surface area contributed by atoms with E-state index >= 15 is 0 Å². The van der Waals surface area contributed by atoms with Gasteiger partial charge in [0.15, 0.2) is 0 Å². The summed E-state index contributed by atoms with van der Waals surface area (Å²) in [5.74, 6) is 0.853. The average molecular weight is 433 g/mol. The number of amides is 1. The molecule has 0 spiro atoms. The maximum atomic E-state index is 13.1. The first kappa shape index (κ1) is 24.9. The van der Waals surface area contributed by atoms with E-state index in [0.717, 1.165) is 44.4 Å². The molecule has 0 aromatic carbocycles. The van der Waals surface area contributed by atoms with Crippen molar-refractivity contribution in [3.8, 4) is 0 Å². The fourth-order valence-corrected chi connectivity index (χ4v) is 4.30.